The number of halogens is 2. The molecule has 1 amide bonds. The van der Waals surface area contributed by atoms with Crippen LogP contribution in [0.5, 0.6) is 0 Å². The van der Waals surface area contributed by atoms with E-state index in [4.69, 9.17) is 28.0 Å². The van der Waals surface area contributed by atoms with Gasteiger partial charge in [-0.15, -0.1) is 0 Å². The number of nitrogens with one attached hydrogen (secondary N) is 1. The molecule has 0 aliphatic carbocycles. The fourth-order valence-corrected chi connectivity index (χ4v) is 3.82. The second-order valence-corrected chi connectivity index (χ2v) is 7.66. The molecule has 0 bridgehead atoms. The highest BCUT2D eigenvalue weighted by molar-refractivity contribution is 7.89. The van der Waals surface area contributed by atoms with Gasteiger partial charge in [-0.05, 0) is 29.8 Å². The van der Waals surface area contributed by atoms with E-state index >= 15 is 0 Å². The minimum atomic E-state index is -3.94. The maximum Gasteiger partial charge on any atom is 0.260 e. The summed E-state index contributed by atoms with van der Waals surface area (Å²) in [6.45, 7) is -0.433. The van der Waals surface area contributed by atoms with Crippen molar-refractivity contribution in [3.05, 3.63) is 52.5 Å². The fourth-order valence-electron chi connectivity index (χ4n) is 2.10. The topological polar surface area (TPSA) is 75.7 Å². The molecule has 0 radical (unpaired) electrons. The molecule has 0 heterocycles. The molecule has 0 spiro atoms. The number of carbonyl (C=O) groups is 1. The van der Waals surface area contributed by atoms with Crippen molar-refractivity contribution in [2.75, 3.05) is 20.7 Å². The molecule has 0 saturated carbocycles. The normalized spacial score (nSPS) is 11.4. The van der Waals surface area contributed by atoms with Crippen LogP contribution in [-0.2, 0) is 19.7 Å². The van der Waals surface area contributed by atoms with Crippen LogP contribution in [-0.4, -0.2) is 40.1 Å². The number of benzene rings is 2. The van der Waals surface area contributed by atoms with Gasteiger partial charge in [-0.1, -0.05) is 41.4 Å². The lowest BCUT2D eigenvalue weighted by atomic mass is 10.1. The summed E-state index contributed by atoms with van der Waals surface area (Å²) in [5.41, 5.74) is 0.978. The molecule has 25 heavy (non-hydrogen) atoms. The number of sulfonamides is 1. The van der Waals surface area contributed by atoms with Crippen molar-refractivity contribution in [3.8, 4) is 11.1 Å². The van der Waals surface area contributed by atoms with Gasteiger partial charge in [0.2, 0.25) is 10.0 Å². The molecule has 0 fully saturated rings. The van der Waals surface area contributed by atoms with Crippen LogP contribution >= 0.6 is 23.2 Å². The van der Waals surface area contributed by atoms with Crippen molar-refractivity contribution in [3.63, 3.8) is 0 Å². The molecule has 2 aromatic carbocycles. The first-order chi connectivity index (χ1) is 11.7. The highest BCUT2D eigenvalue weighted by Crippen LogP contribution is 2.31. The van der Waals surface area contributed by atoms with Crippen LogP contribution in [0.25, 0.3) is 11.1 Å². The Morgan fingerprint density at radius 1 is 1.16 bits per heavy atom. The van der Waals surface area contributed by atoms with Gasteiger partial charge in [0.05, 0.1) is 18.6 Å². The third kappa shape index (κ3) is 4.93. The molecule has 2 aromatic rings. The summed E-state index contributed by atoms with van der Waals surface area (Å²) in [4.78, 5) is 16.5. The molecule has 6 nitrogen and oxygen atoms in total. The third-order valence-corrected chi connectivity index (χ3v) is 5.28. The summed E-state index contributed by atoms with van der Waals surface area (Å²) in [5, 5.41) is 1.71. The van der Waals surface area contributed by atoms with Gasteiger partial charge < -0.3 is 0 Å². The van der Waals surface area contributed by atoms with Crippen molar-refractivity contribution in [1.29, 1.82) is 0 Å². The van der Waals surface area contributed by atoms with Crippen LogP contribution < -0.4 is 4.72 Å². The molecule has 0 unspecified atom stereocenters. The van der Waals surface area contributed by atoms with Crippen LogP contribution in [0.3, 0.4) is 0 Å². The van der Waals surface area contributed by atoms with Crippen LogP contribution in [0.15, 0.2) is 47.4 Å². The Hall–Kier alpha value is -1.64. The molecule has 1 N–H and O–H groups in total. The zero-order valence-corrected chi connectivity index (χ0v) is 15.8. The van der Waals surface area contributed by atoms with Crippen LogP contribution in [0.4, 0.5) is 0 Å². The van der Waals surface area contributed by atoms with Crippen molar-refractivity contribution in [2.24, 2.45) is 0 Å². The highest BCUT2D eigenvalue weighted by atomic mass is 35.5. The second kappa shape index (κ2) is 8.16. The van der Waals surface area contributed by atoms with E-state index in [-0.39, 0.29) is 4.90 Å². The lowest BCUT2D eigenvalue weighted by Crippen LogP contribution is -2.37. The quantitative estimate of drug-likeness (QED) is 0.753. The first-order valence-corrected chi connectivity index (χ1v) is 9.34. The number of rotatable bonds is 6. The summed E-state index contributed by atoms with van der Waals surface area (Å²) in [5.74, 6) is -0.533. The summed E-state index contributed by atoms with van der Waals surface area (Å²) in [6.07, 6.45) is 0. The Bertz CT molecular complexity index is 867. The second-order valence-electron chi connectivity index (χ2n) is 5.05. The van der Waals surface area contributed by atoms with Gasteiger partial charge in [-0.2, -0.15) is 0 Å². The number of hydrogen-bond donors (Lipinski definition) is 1. The smallest absolute Gasteiger partial charge is 0.260 e. The average molecular weight is 403 g/mol. The number of hydroxylamine groups is 2. The molecular weight excluding hydrogens is 387 g/mol. The van der Waals surface area contributed by atoms with E-state index < -0.39 is 22.5 Å². The number of carbonyl (C=O) groups excluding carboxylic acids is 1. The zero-order chi connectivity index (χ0) is 18.6. The Kier molecular flexibility index (Phi) is 6.42. The van der Waals surface area contributed by atoms with E-state index in [9.17, 15) is 13.2 Å². The number of hydrogen-bond acceptors (Lipinski definition) is 4. The fraction of sp³-hybridized carbons (Fsp3) is 0.188. The largest absolute Gasteiger partial charge is 0.275 e. The summed E-state index contributed by atoms with van der Waals surface area (Å²) in [6, 6.07) is 11.2. The molecule has 134 valence electrons. The van der Waals surface area contributed by atoms with Gasteiger partial charge in [0.25, 0.3) is 5.91 Å². The highest BCUT2D eigenvalue weighted by Gasteiger charge is 2.21. The van der Waals surface area contributed by atoms with Crippen molar-refractivity contribution < 1.29 is 18.0 Å². The molecule has 9 heteroatoms. The van der Waals surface area contributed by atoms with Gasteiger partial charge >= 0.3 is 0 Å². The standard InChI is InChI=1S/C16H16Cl2N2O4S/c1-20(24-2)16(21)10-19-25(22,23)15-6-4-3-5-14(15)11-7-12(17)9-13(18)8-11/h3-9,19H,10H2,1-2H3. The predicted molar refractivity (Wildman–Crippen MR) is 96.9 cm³/mol. The van der Waals surface area contributed by atoms with E-state index in [0.29, 0.717) is 21.2 Å². The minimum absolute atomic E-state index is 0.0150. The average Bonchev–Trinajstić information content (AvgIpc) is 2.58. The Labute approximate surface area is 156 Å². The lowest BCUT2D eigenvalue weighted by molar-refractivity contribution is -0.167. The minimum Gasteiger partial charge on any atom is -0.275 e. The van der Waals surface area contributed by atoms with Gasteiger partial charge in [-0.25, -0.2) is 18.2 Å². The van der Waals surface area contributed by atoms with E-state index in [1.165, 1.54) is 20.2 Å². The first-order valence-electron chi connectivity index (χ1n) is 7.10. The SMILES string of the molecule is CON(C)C(=O)CNS(=O)(=O)c1ccccc1-c1cc(Cl)cc(Cl)c1. The van der Waals surface area contributed by atoms with Crippen molar-refractivity contribution in [2.45, 2.75) is 4.90 Å². The van der Waals surface area contributed by atoms with Crippen molar-refractivity contribution in [1.82, 2.24) is 9.79 Å². The van der Waals surface area contributed by atoms with E-state index in [1.54, 1.807) is 36.4 Å². The van der Waals surface area contributed by atoms with Crippen molar-refractivity contribution >= 4 is 39.1 Å². The van der Waals surface area contributed by atoms with Gasteiger partial charge in [0.1, 0.15) is 0 Å². The van der Waals surface area contributed by atoms with Crippen LogP contribution in [0, 0.1) is 0 Å². The van der Waals surface area contributed by atoms with Gasteiger partial charge in [0, 0.05) is 22.7 Å². The van der Waals surface area contributed by atoms with E-state index in [2.05, 4.69) is 4.72 Å². The number of nitrogens with zero attached hydrogens (tertiary/aromatic N) is 1. The summed E-state index contributed by atoms with van der Waals surface area (Å²) < 4.78 is 27.5. The molecule has 0 atom stereocenters. The zero-order valence-electron chi connectivity index (χ0n) is 13.5. The Morgan fingerprint density at radius 3 is 2.36 bits per heavy atom. The first kappa shape index (κ1) is 19.7. The maximum absolute atomic E-state index is 12.6. The Morgan fingerprint density at radius 2 is 1.76 bits per heavy atom. The summed E-state index contributed by atoms with van der Waals surface area (Å²) in [7, 11) is -1.24. The van der Waals surface area contributed by atoms with E-state index in [1.807, 2.05) is 0 Å². The molecular formula is C16H16Cl2N2O4S. The van der Waals surface area contributed by atoms with Gasteiger partial charge in [0.15, 0.2) is 0 Å². The van der Waals surface area contributed by atoms with E-state index in [0.717, 1.165) is 5.06 Å². The molecule has 2 rings (SSSR count). The monoisotopic (exact) mass is 402 g/mol. The predicted octanol–water partition coefficient (Wildman–Crippen LogP) is 2.96. The molecule has 0 saturated heterocycles. The number of likely N-dealkylation sites (N-methyl/N-ethyl adjacent to an activating group) is 1. The van der Waals surface area contributed by atoms with Gasteiger partial charge in [-0.3, -0.25) is 9.63 Å². The molecule has 0 aliphatic rings. The number of amides is 1. The molecule has 0 aromatic heterocycles. The van der Waals surface area contributed by atoms with Crippen LogP contribution in [0.1, 0.15) is 0 Å². The Balaban J connectivity index is 2.38. The lowest BCUT2D eigenvalue weighted by Gasteiger charge is -2.15. The molecule has 0 aliphatic heterocycles. The maximum atomic E-state index is 12.6. The van der Waals surface area contributed by atoms with Crippen LogP contribution in [0.2, 0.25) is 10.0 Å². The third-order valence-electron chi connectivity index (χ3n) is 3.39. The summed E-state index contributed by atoms with van der Waals surface area (Å²) >= 11 is 12.0.